The molecule has 37 heavy (non-hydrogen) atoms. The molecule has 0 aliphatic carbocycles. The van der Waals surface area contributed by atoms with Gasteiger partial charge in [-0.1, -0.05) is 66.7 Å². The van der Waals surface area contributed by atoms with Gasteiger partial charge in [0, 0.05) is 34.2 Å². The number of esters is 1. The zero-order valence-corrected chi connectivity index (χ0v) is 20.8. The van der Waals surface area contributed by atoms with Crippen LogP contribution in [0.4, 0.5) is 17.1 Å². The average molecular weight is 493 g/mol. The number of rotatable bonds is 9. The molecule has 0 saturated heterocycles. The minimum atomic E-state index is -0.735. The first-order valence-electron chi connectivity index (χ1n) is 12.0. The largest absolute Gasteiger partial charge is 0.452 e. The zero-order valence-electron chi connectivity index (χ0n) is 20.8. The summed E-state index contributed by atoms with van der Waals surface area (Å²) < 4.78 is 5.23. The highest BCUT2D eigenvalue weighted by Gasteiger charge is 2.20. The lowest BCUT2D eigenvalue weighted by Crippen LogP contribution is -2.25. The maximum atomic E-state index is 12.9. The fraction of sp³-hybridized carbons (Fsp3) is 0.129. The van der Waals surface area contributed by atoms with Crippen LogP contribution in [0.25, 0.3) is 0 Å². The number of nitrogens with one attached hydrogen (secondary N) is 1. The number of ether oxygens (including phenoxy) is 1. The van der Waals surface area contributed by atoms with Crippen molar-refractivity contribution in [1.29, 1.82) is 0 Å². The van der Waals surface area contributed by atoms with Gasteiger partial charge >= 0.3 is 5.97 Å². The molecule has 186 valence electrons. The number of para-hydroxylation sites is 1. The number of carbonyl (C=O) groups excluding carboxylic acids is 3. The van der Waals surface area contributed by atoms with Crippen molar-refractivity contribution in [3.05, 3.63) is 126 Å². The van der Waals surface area contributed by atoms with Gasteiger partial charge in [-0.05, 0) is 56.3 Å². The molecule has 0 aliphatic heterocycles. The van der Waals surface area contributed by atoms with E-state index in [9.17, 15) is 14.4 Å². The minimum Gasteiger partial charge on any atom is -0.452 e. The summed E-state index contributed by atoms with van der Waals surface area (Å²) in [7, 11) is 0. The van der Waals surface area contributed by atoms with Crippen LogP contribution in [0.2, 0.25) is 0 Å². The minimum absolute atomic E-state index is 0.114. The van der Waals surface area contributed by atoms with E-state index in [-0.39, 0.29) is 23.0 Å². The van der Waals surface area contributed by atoms with Crippen molar-refractivity contribution in [3.63, 3.8) is 0 Å². The number of ketones is 1. The molecule has 0 aliphatic rings. The smallest absolute Gasteiger partial charge is 0.339 e. The highest BCUT2D eigenvalue weighted by atomic mass is 16.5. The van der Waals surface area contributed by atoms with E-state index in [4.69, 9.17) is 4.74 Å². The van der Waals surface area contributed by atoms with Crippen molar-refractivity contribution in [2.24, 2.45) is 0 Å². The summed E-state index contributed by atoms with van der Waals surface area (Å²) in [5.41, 5.74) is 3.46. The number of amides is 1. The third kappa shape index (κ3) is 6.30. The highest BCUT2D eigenvalue weighted by Crippen LogP contribution is 2.28. The van der Waals surface area contributed by atoms with Crippen molar-refractivity contribution < 1.29 is 19.1 Å². The van der Waals surface area contributed by atoms with E-state index in [2.05, 4.69) is 36.2 Å². The third-order valence-corrected chi connectivity index (χ3v) is 5.74. The molecule has 0 unspecified atom stereocenters. The average Bonchev–Trinajstić information content (AvgIpc) is 2.93. The van der Waals surface area contributed by atoms with Crippen LogP contribution in [0.15, 0.2) is 109 Å². The van der Waals surface area contributed by atoms with Crippen LogP contribution in [0.5, 0.6) is 0 Å². The monoisotopic (exact) mass is 492 g/mol. The van der Waals surface area contributed by atoms with E-state index in [1.807, 2.05) is 36.4 Å². The standard InChI is InChI=1S/C31H28N2O4/c1-22(2)33(25-13-7-4-8-14-25)26-19-17-24(18-20-26)32-29(34)21-37-31(36)28-16-10-9-15-27(28)30(35)23-11-5-3-6-12-23/h3-20,22H,21H2,1-2H3,(H,32,34). The van der Waals surface area contributed by atoms with Crippen LogP contribution in [0.1, 0.15) is 40.1 Å². The molecule has 0 aromatic heterocycles. The second kappa shape index (κ2) is 11.8. The summed E-state index contributed by atoms with van der Waals surface area (Å²) in [6.45, 7) is 3.75. The summed E-state index contributed by atoms with van der Waals surface area (Å²) in [4.78, 5) is 40.3. The summed E-state index contributed by atoms with van der Waals surface area (Å²) in [6, 6.07) is 32.9. The zero-order chi connectivity index (χ0) is 26.2. The van der Waals surface area contributed by atoms with Gasteiger partial charge in [0.25, 0.3) is 5.91 Å². The molecular formula is C31H28N2O4. The molecule has 0 heterocycles. The van der Waals surface area contributed by atoms with Gasteiger partial charge in [-0.25, -0.2) is 4.79 Å². The molecule has 1 amide bonds. The van der Waals surface area contributed by atoms with Gasteiger partial charge in [0.1, 0.15) is 0 Å². The number of anilines is 3. The van der Waals surface area contributed by atoms with E-state index < -0.39 is 18.5 Å². The fourth-order valence-electron chi connectivity index (χ4n) is 4.05. The number of benzene rings is 4. The Morgan fingerprint density at radius 2 is 1.24 bits per heavy atom. The Morgan fingerprint density at radius 1 is 0.703 bits per heavy atom. The Balaban J connectivity index is 1.38. The van der Waals surface area contributed by atoms with Crippen LogP contribution < -0.4 is 10.2 Å². The summed E-state index contributed by atoms with van der Waals surface area (Å²) in [6.07, 6.45) is 0. The van der Waals surface area contributed by atoms with Gasteiger partial charge in [-0.3, -0.25) is 9.59 Å². The van der Waals surface area contributed by atoms with E-state index in [1.165, 1.54) is 6.07 Å². The van der Waals surface area contributed by atoms with E-state index in [0.29, 0.717) is 11.3 Å². The molecule has 6 heteroatoms. The Bertz CT molecular complexity index is 1370. The molecule has 4 rings (SSSR count). The van der Waals surface area contributed by atoms with Gasteiger partial charge in [-0.2, -0.15) is 0 Å². The number of nitrogens with zero attached hydrogens (tertiary/aromatic N) is 1. The first-order chi connectivity index (χ1) is 17.9. The van der Waals surface area contributed by atoms with Crippen LogP contribution in [-0.2, 0) is 9.53 Å². The second-order valence-electron chi connectivity index (χ2n) is 8.71. The lowest BCUT2D eigenvalue weighted by atomic mass is 9.98. The summed E-state index contributed by atoms with van der Waals surface area (Å²) >= 11 is 0. The van der Waals surface area contributed by atoms with Gasteiger partial charge in [0.05, 0.1) is 5.56 Å². The van der Waals surface area contributed by atoms with E-state index >= 15 is 0 Å². The van der Waals surface area contributed by atoms with Gasteiger partial charge in [0.2, 0.25) is 0 Å². The molecule has 4 aromatic rings. The van der Waals surface area contributed by atoms with Gasteiger partial charge in [-0.15, -0.1) is 0 Å². The molecule has 1 N–H and O–H groups in total. The fourth-order valence-corrected chi connectivity index (χ4v) is 4.05. The second-order valence-corrected chi connectivity index (χ2v) is 8.71. The van der Waals surface area contributed by atoms with Crippen LogP contribution in [-0.4, -0.2) is 30.3 Å². The van der Waals surface area contributed by atoms with Crippen LogP contribution in [0, 0.1) is 0 Å². The lowest BCUT2D eigenvalue weighted by molar-refractivity contribution is -0.119. The molecule has 0 fully saturated rings. The number of carbonyl (C=O) groups is 3. The van der Waals surface area contributed by atoms with Crippen molar-refractivity contribution in [1.82, 2.24) is 0 Å². The van der Waals surface area contributed by atoms with Crippen molar-refractivity contribution >= 4 is 34.7 Å². The SMILES string of the molecule is CC(C)N(c1ccccc1)c1ccc(NC(=O)COC(=O)c2ccccc2C(=O)c2ccccc2)cc1. The lowest BCUT2D eigenvalue weighted by Gasteiger charge is -2.29. The molecule has 0 radical (unpaired) electrons. The molecule has 0 atom stereocenters. The predicted molar refractivity (Wildman–Crippen MR) is 145 cm³/mol. The Hall–Kier alpha value is -4.71. The molecule has 0 saturated carbocycles. The molecule has 0 bridgehead atoms. The third-order valence-electron chi connectivity index (χ3n) is 5.74. The van der Waals surface area contributed by atoms with Crippen molar-refractivity contribution in [2.75, 3.05) is 16.8 Å². The van der Waals surface area contributed by atoms with E-state index in [1.54, 1.807) is 54.6 Å². The van der Waals surface area contributed by atoms with E-state index in [0.717, 1.165) is 11.4 Å². The van der Waals surface area contributed by atoms with Gasteiger partial charge in [0.15, 0.2) is 12.4 Å². The maximum Gasteiger partial charge on any atom is 0.339 e. The molecule has 0 spiro atoms. The van der Waals surface area contributed by atoms with Crippen LogP contribution >= 0.6 is 0 Å². The quantitative estimate of drug-likeness (QED) is 0.220. The van der Waals surface area contributed by atoms with Gasteiger partial charge < -0.3 is 15.0 Å². The molecular weight excluding hydrogens is 464 g/mol. The number of hydrogen-bond donors (Lipinski definition) is 1. The Kier molecular flexibility index (Phi) is 8.11. The summed E-state index contributed by atoms with van der Waals surface area (Å²) in [5, 5.41) is 2.75. The van der Waals surface area contributed by atoms with Crippen molar-refractivity contribution in [3.8, 4) is 0 Å². The Morgan fingerprint density at radius 3 is 1.86 bits per heavy atom. The topological polar surface area (TPSA) is 75.7 Å². The highest BCUT2D eigenvalue weighted by molar-refractivity contribution is 6.14. The predicted octanol–water partition coefficient (Wildman–Crippen LogP) is 6.26. The first-order valence-corrected chi connectivity index (χ1v) is 12.0. The Labute approximate surface area is 216 Å². The summed E-state index contributed by atoms with van der Waals surface area (Å²) in [5.74, 6) is -1.50. The van der Waals surface area contributed by atoms with Crippen molar-refractivity contribution in [2.45, 2.75) is 19.9 Å². The molecule has 6 nitrogen and oxygen atoms in total. The normalized spacial score (nSPS) is 10.6. The maximum absolute atomic E-state index is 12.9. The number of hydrogen-bond acceptors (Lipinski definition) is 5. The van der Waals surface area contributed by atoms with Crippen LogP contribution in [0.3, 0.4) is 0 Å². The molecule has 4 aromatic carbocycles. The first kappa shape index (κ1) is 25.4.